The molecule has 2 nitrogen and oxygen atoms in total. The predicted molar refractivity (Wildman–Crippen MR) is 375 cm³/mol. The lowest BCUT2D eigenvalue weighted by molar-refractivity contribution is 0.0979. The fourth-order valence-corrected chi connectivity index (χ4v) is 17.6. The summed E-state index contributed by atoms with van der Waals surface area (Å²) in [5.74, 6) is -0.0989. The van der Waals surface area contributed by atoms with Crippen molar-refractivity contribution < 1.29 is 9.59 Å². The summed E-state index contributed by atoms with van der Waals surface area (Å²) in [6, 6.07) is 26.0. The van der Waals surface area contributed by atoms with Gasteiger partial charge < -0.3 is 0 Å². The van der Waals surface area contributed by atoms with E-state index in [-0.39, 0.29) is 11.6 Å². The van der Waals surface area contributed by atoms with E-state index >= 15 is 0 Å². The van der Waals surface area contributed by atoms with Gasteiger partial charge in [0.05, 0.1) is 0 Å². The van der Waals surface area contributed by atoms with Gasteiger partial charge in [-0.1, -0.05) is 271 Å². The summed E-state index contributed by atoms with van der Waals surface area (Å²) < 4.78 is 0. The monoisotopic (exact) mass is 1210 g/mol. The molecule has 4 aromatic heterocycles. The van der Waals surface area contributed by atoms with Crippen molar-refractivity contribution in [3.05, 3.63) is 116 Å². The van der Waals surface area contributed by atoms with E-state index in [4.69, 9.17) is 0 Å². The molecule has 0 N–H and O–H groups in total. The van der Waals surface area contributed by atoms with Crippen LogP contribution in [0.3, 0.4) is 0 Å². The molecule has 1 aliphatic carbocycles. The van der Waals surface area contributed by atoms with Crippen LogP contribution in [0.5, 0.6) is 0 Å². The van der Waals surface area contributed by atoms with Gasteiger partial charge in [-0.05, 0) is 134 Å². The summed E-state index contributed by atoms with van der Waals surface area (Å²) >= 11 is 7.69. The van der Waals surface area contributed by atoms with Gasteiger partial charge in [-0.3, -0.25) is 9.59 Å². The predicted octanol–water partition coefficient (Wildman–Crippen LogP) is 27.2. The van der Waals surface area contributed by atoms with Crippen LogP contribution in [0.4, 0.5) is 0 Å². The standard InChI is InChI=1S/C78H112O2S4/c1-5-9-13-17-21-25-29-33-37-41-45-61-59-75(83-69(61)47-43-39-35-31-27-23-19-15-11-7-3)73-55-53-71(81-73)63-49-51-65-67(57-63)77(79)66-52-50-64(58-68(66)78(65)80)72-54-56-74(82-72)76-60-62(46-42-38-34-30-26-22-18-14-10-6-2)70(84-76)48-44-40-36-32-28-24-20-16-12-8-4/h49-60H,5-48H2,1-4H3. The van der Waals surface area contributed by atoms with Gasteiger partial charge in [0.1, 0.15) is 0 Å². The van der Waals surface area contributed by atoms with E-state index in [1.807, 2.05) is 69.6 Å². The average Bonchev–Trinajstić information content (AvgIpc) is 2.28. The van der Waals surface area contributed by atoms with Crippen LogP contribution in [-0.2, 0) is 25.7 Å². The summed E-state index contributed by atoms with van der Waals surface area (Å²) in [5.41, 5.74) is 7.27. The maximum absolute atomic E-state index is 14.4. The molecule has 0 unspecified atom stereocenters. The molecular formula is C78H112O2S4. The molecular weight excluding hydrogens is 1100 g/mol. The number of aryl methyl sites for hydroxylation is 4. The second-order valence-electron chi connectivity index (χ2n) is 25.4. The number of unbranched alkanes of at least 4 members (excludes halogenated alkanes) is 36. The summed E-state index contributed by atoms with van der Waals surface area (Å²) in [5, 5.41) is 0. The Labute approximate surface area is 529 Å². The minimum atomic E-state index is -0.0494. The zero-order valence-electron chi connectivity index (χ0n) is 53.5. The zero-order valence-corrected chi connectivity index (χ0v) is 56.8. The van der Waals surface area contributed by atoms with Gasteiger partial charge in [-0.15, -0.1) is 45.3 Å². The van der Waals surface area contributed by atoms with Gasteiger partial charge in [-0.2, -0.15) is 0 Å². The summed E-state index contributed by atoms with van der Waals surface area (Å²) in [6.07, 6.45) is 59.5. The third-order valence-electron chi connectivity index (χ3n) is 18.2. The van der Waals surface area contributed by atoms with Crippen LogP contribution in [0.25, 0.3) is 40.4 Å². The number of benzene rings is 2. The highest BCUT2D eigenvalue weighted by Gasteiger charge is 2.31. The molecule has 0 fully saturated rings. The van der Waals surface area contributed by atoms with Crippen molar-refractivity contribution in [2.45, 2.75) is 310 Å². The lowest BCUT2D eigenvalue weighted by Gasteiger charge is -2.19. The largest absolute Gasteiger partial charge is 0.289 e. The number of thiophene rings is 4. The Balaban J connectivity index is 0.971. The molecule has 0 atom stereocenters. The van der Waals surface area contributed by atoms with Gasteiger partial charge >= 0.3 is 0 Å². The highest BCUT2D eigenvalue weighted by Crippen LogP contribution is 2.44. The van der Waals surface area contributed by atoms with E-state index in [1.54, 1.807) is 20.9 Å². The van der Waals surface area contributed by atoms with E-state index < -0.39 is 0 Å². The minimum Gasteiger partial charge on any atom is -0.289 e. The van der Waals surface area contributed by atoms with Crippen molar-refractivity contribution in [3.63, 3.8) is 0 Å². The Bertz CT molecular complexity index is 2500. The number of ketones is 2. The fourth-order valence-electron chi connectivity index (χ4n) is 12.9. The quantitative estimate of drug-likeness (QED) is 0.0356. The first-order valence-electron chi connectivity index (χ1n) is 35.2. The first kappa shape index (κ1) is 68.1. The van der Waals surface area contributed by atoms with E-state index in [2.05, 4.69) is 76.2 Å². The molecule has 7 rings (SSSR count). The molecule has 0 radical (unpaired) electrons. The zero-order chi connectivity index (χ0) is 58.8. The molecule has 0 aliphatic heterocycles. The number of carbonyl (C=O) groups excluding carboxylic acids is 2. The van der Waals surface area contributed by atoms with E-state index in [1.165, 1.54) is 302 Å². The van der Waals surface area contributed by atoms with Crippen molar-refractivity contribution in [2.24, 2.45) is 0 Å². The van der Waals surface area contributed by atoms with Crippen LogP contribution in [0, 0.1) is 0 Å². The fraction of sp³-hybridized carbons (Fsp3) is 0.615. The molecule has 460 valence electrons. The average molecular weight is 1210 g/mol. The third kappa shape index (κ3) is 22.6. The SMILES string of the molecule is CCCCCCCCCCCCc1cc(-c2ccc(-c3ccc4c(c3)C(=O)c3ccc(-c5ccc(-c6cc(CCCCCCCCCCCC)c(CCCCCCCCCCCC)s6)s5)cc3C4=O)s2)sc1CCCCCCCCCCCC. The molecule has 0 spiro atoms. The summed E-state index contributed by atoms with van der Waals surface area (Å²) in [7, 11) is 0. The highest BCUT2D eigenvalue weighted by molar-refractivity contribution is 7.24. The van der Waals surface area contributed by atoms with Crippen molar-refractivity contribution in [2.75, 3.05) is 0 Å². The van der Waals surface area contributed by atoms with Crippen LogP contribution >= 0.6 is 45.3 Å². The lowest BCUT2D eigenvalue weighted by Crippen LogP contribution is -2.20. The Hall–Kier alpha value is -3.42. The number of fused-ring (bicyclic) bond motifs is 2. The van der Waals surface area contributed by atoms with Gasteiger partial charge in [0, 0.05) is 61.3 Å². The van der Waals surface area contributed by atoms with Crippen LogP contribution in [0.15, 0.2) is 72.8 Å². The number of rotatable bonds is 48. The summed E-state index contributed by atoms with van der Waals surface area (Å²) in [6.45, 7) is 9.21. The van der Waals surface area contributed by atoms with Gasteiger partial charge in [0.15, 0.2) is 11.6 Å². The normalized spacial score (nSPS) is 12.3. The Morgan fingerprint density at radius 1 is 0.238 bits per heavy atom. The van der Waals surface area contributed by atoms with E-state index in [9.17, 15) is 9.59 Å². The molecule has 0 amide bonds. The van der Waals surface area contributed by atoms with Crippen LogP contribution < -0.4 is 0 Å². The molecule has 0 saturated heterocycles. The van der Waals surface area contributed by atoms with Crippen molar-refractivity contribution in [1.82, 2.24) is 0 Å². The second kappa shape index (κ2) is 40.2. The molecule has 6 heteroatoms. The van der Waals surface area contributed by atoms with Crippen molar-refractivity contribution in [1.29, 1.82) is 0 Å². The maximum atomic E-state index is 14.4. The second-order valence-corrected chi connectivity index (χ2v) is 29.8. The third-order valence-corrected chi connectivity index (χ3v) is 23.3. The first-order chi connectivity index (χ1) is 41.4. The summed E-state index contributed by atoms with van der Waals surface area (Å²) in [4.78, 5) is 39.7. The minimum absolute atomic E-state index is 0.0494. The maximum Gasteiger partial charge on any atom is 0.194 e. The van der Waals surface area contributed by atoms with Crippen LogP contribution in [-0.4, -0.2) is 11.6 Å². The molecule has 84 heavy (non-hydrogen) atoms. The molecule has 1 aliphatic rings. The Morgan fingerprint density at radius 2 is 0.500 bits per heavy atom. The Kier molecular flexibility index (Phi) is 32.6. The number of carbonyl (C=O) groups is 2. The van der Waals surface area contributed by atoms with E-state index in [0.717, 1.165) is 20.9 Å². The number of hydrogen-bond acceptors (Lipinski definition) is 6. The molecule has 0 saturated carbocycles. The Morgan fingerprint density at radius 3 is 0.798 bits per heavy atom. The molecule has 0 bridgehead atoms. The van der Waals surface area contributed by atoms with Gasteiger partial charge in [-0.25, -0.2) is 0 Å². The van der Waals surface area contributed by atoms with Gasteiger partial charge in [0.2, 0.25) is 0 Å². The van der Waals surface area contributed by atoms with Crippen LogP contribution in [0.2, 0.25) is 0 Å². The van der Waals surface area contributed by atoms with Crippen LogP contribution in [0.1, 0.15) is 337 Å². The number of hydrogen-bond donors (Lipinski definition) is 0. The topological polar surface area (TPSA) is 34.1 Å². The highest BCUT2D eigenvalue weighted by atomic mass is 32.1. The lowest BCUT2D eigenvalue weighted by atomic mass is 9.82. The molecule has 2 aromatic carbocycles. The van der Waals surface area contributed by atoms with Crippen molar-refractivity contribution in [3.8, 4) is 40.4 Å². The first-order valence-corrected chi connectivity index (χ1v) is 38.5. The van der Waals surface area contributed by atoms with E-state index in [0.29, 0.717) is 22.3 Å². The van der Waals surface area contributed by atoms with Crippen molar-refractivity contribution >= 4 is 56.9 Å². The molecule has 6 aromatic rings. The van der Waals surface area contributed by atoms with Gasteiger partial charge in [0.25, 0.3) is 0 Å². The molecule has 4 heterocycles. The smallest absolute Gasteiger partial charge is 0.194 e.